The maximum Gasteiger partial charge on any atom is 0.374 e. The van der Waals surface area contributed by atoms with E-state index in [9.17, 15) is 19.5 Å². The zero-order valence-corrected chi connectivity index (χ0v) is 21.2. The van der Waals surface area contributed by atoms with Crippen molar-refractivity contribution in [3.8, 4) is 0 Å². The van der Waals surface area contributed by atoms with Gasteiger partial charge in [0.25, 0.3) is 0 Å². The highest BCUT2D eigenvalue weighted by atomic mass is 16.5. The molecule has 2 fully saturated rings. The van der Waals surface area contributed by atoms with Crippen molar-refractivity contribution in [1.82, 2.24) is 0 Å². The lowest BCUT2D eigenvalue weighted by molar-refractivity contribution is -0.147. The quantitative estimate of drug-likeness (QED) is 0.463. The van der Waals surface area contributed by atoms with Crippen LogP contribution >= 0.6 is 0 Å². The van der Waals surface area contributed by atoms with E-state index < -0.39 is 17.5 Å². The van der Waals surface area contributed by atoms with Gasteiger partial charge in [-0.3, -0.25) is 4.79 Å². The summed E-state index contributed by atoms with van der Waals surface area (Å²) in [6.45, 7) is 8.78. The Morgan fingerprint density at radius 1 is 1.24 bits per heavy atom. The van der Waals surface area contributed by atoms with E-state index >= 15 is 0 Å². The maximum atomic E-state index is 13.0. The van der Waals surface area contributed by atoms with E-state index in [4.69, 9.17) is 13.9 Å². The minimum Gasteiger partial charge on any atom is -0.459 e. The highest BCUT2D eigenvalue weighted by Crippen LogP contribution is 2.61. The Kier molecular flexibility index (Phi) is 6.44. The van der Waals surface area contributed by atoms with Gasteiger partial charge in [0.05, 0.1) is 23.7 Å². The molecule has 5 rings (SSSR count). The third-order valence-electron chi connectivity index (χ3n) is 8.79. The van der Waals surface area contributed by atoms with Gasteiger partial charge in [0, 0.05) is 17.4 Å². The number of hydrogen-bond acceptors (Lipinski definition) is 7. The molecule has 2 heterocycles. The van der Waals surface area contributed by atoms with Crippen LogP contribution in [0.1, 0.15) is 50.1 Å². The predicted octanol–water partition coefficient (Wildman–Crippen LogP) is 4.74. The molecule has 1 N–H and O–H groups in total. The van der Waals surface area contributed by atoms with E-state index in [1.807, 2.05) is 19.1 Å². The minimum atomic E-state index is -0.730. The zero-order valence-electron chi connectivity index (χ0n) is 21.2. The van der Waals surface area contributed by atoms with E-state index in [0.717, 1.165) is 30.9 Å². The van der Waals surface area contributed by atoms with Crippen molar-refractivity contribution in [3.05, 3.63) is 82.3 Å². The molecule has 7 heteroatoms. The van der Waals surface area contributed by atoms with Crippen molar-refractivity contribution in [2.75, 3.05) is 13.2 Å². The third kappa shape index (κ3) is 4.35. The highest BCUT2D eigenvalue weighted by Gasteiger charge is 2.58. The van der Waals surface area contributed by atoms with Crippen LogP contribution in [-0.2, 0) is 14.3 Å². The number of rotatable bonds is 5. The van der Waals surface area contributed by atoms with Crippen LogP contribution in [0.15, 0.2) is 75.5 Å². The molecule has 194 valence electrons. The van der Waals surface area contributed by atoms with Gasteiger partial charge in [0.15, 0.2) is 5.43 Å². The fourth-order valence-electron chi connectivity index (χ4n) is 6.68. The molecule has 0 saturated heterocycles. The average molecular weight is 505 g/mol. The second-order valence-electron chi connectivity index (χ2n) is 11.0. The van der Waals surface area contributed by atoms with Gasteiger partial charge in [0.2, 0.25) is 5.76 Å². The lowest BCUT2D eigenvalue weighted by Gasteiger charge is -2.59. The van der Waals surface area contributed by atoms with Crippen molar-refractivity contribution in [2.45, 2.75) is 45.6 Å². The van der Waals surface area contributed by atoms with Crippen LogP contribution in [0.25, 0.3) is 11.0 Å². The molecule has 2 aliphatic carbocycles. The number of esters is 2. The van der Waals surface area contributed by atoms with Crippen molar-refractivity contribution in [1.29, 1.82) is 0 Å². The van der Waals surface area contributed by atoms with Crippen molar-refractivity contribution < 1.29 is 28.6 Å². The normalized spacial score (nSPS) is 31.8. The molecular formula is C30H32O7. The van der Waals surface area contributed by atoms with Crippen LogP contribution in [-0.4, -0.2) is 36.4 Å². The van der Waals surface area contributed by atoms with Crippen LogP contribution in [0, 0.1) is 22.7 Å². The molecule has 2 saturated carbocycles. The molecule has 37 heavy (non-hydrogen) atoms. The molecule has 1 unspecified atom stereocenters. The van der Waals surface area contributed by atoms with E-state index in [2.05, 4.69) is 13.5 Å². The van der Waals surface area contributed by atoms with Crippen LogP contribution in [0.2, 0.25) is 0 Å². The fraction of sp³-hybridized carbons (Fsp3) is 0.433. The predicted molar refractivity (Wildman–Crippen MR) is 138 cm³/mol. The van der Waals surface area contributed by atoms with Gasteiger partial charge in [-0.25, -0.2) is 9.59 Å². The number of ether oxygens (including phenoxy) is 2. The van der Waals surface area contributed by atoms with E-state index in [1.54, 1.807) is 30.3 Å². The average Bonchev–Trinajstić information content (AvgIpc) is 3.29. The lowest BCUT2D eigenvalue weighted by Crippen LogP contribution is -2.57. The van der Waals surface area contributed by atoms with Gasteiger partial charge in [-0.1, -0.05) is 50.3 Å². The molecule has 5 atom stereocenters. The molecule has 1 aromatic carbocycles. The molecule has 0 amide bonds. The molecule has 0 bridgehead atoms. The lowest BCUT2D eigenvalue weighted by atomic mass is 9.46. The van der Waals surface area contributed by atoms with Crippen LogP contribution < -0.4 is 5.43 Å². The monoisotopic (exact) mass is 504 g/mol. The Morgan fingerprint density at radius 2 is 2.03 bits per heavy atom. The number of aliphatic hydroxyl groups is 1. The Morgan fingerprint density at radius 3 is 2.78 bits per heavy atom. The molecule has 1 aliphatic heterocycles. The number of para-hydroxylation sites is 1. The minimum absolute atomic E-state index is 0.00147. The van der Waals surface area contributed by atoms with Crippen LogP contribution in [0.3, 0.4) is 0 Å². The fourth-order valence-corrected chi connectivity index (χ4v) is 6.68. The summed E-state index contributed by atoms with van der Waals surface area (Å²) in [5.74, 6) is -1.18. The number of cyclic esters (lactones) is 1. The molecular weight excluding hydrogens is 472 g/mol. The SMILES string of the molecule is C=C1CCC2[C@](C)(COC(=O)c3cc(=O)c4ccccc4o3)[C@H](O)CC[C@@]2(C)[C@@H]1/C=C/C1=CCOC1=O. The summed E-state index contributed by atoms with van der Waals surface area (Å²) in [4.78, 5) is 37.3. The van der Waals surface area contributed by atoms with Crippen LogP contribution in [0.4, 0.5) is 0 Å². The summed E-state index contributed by atoms with van der Waals surface area (Å²) >= 11 is 0. The van der Waals surface area contributed by atoms with Gasteiger partial charge < -0.3 is 19.0 Å². The summed E-state index contributed by atoms with van der Waals surface area (Å²) in [5.41, 5.74) is 0.689. The van der Waals surface area contributed by atoms with Crippen molar-refractivity contribution in [2.24, 2.45) is 22.7 Å². The third-order valence-corrected chi connectivity index (χ3v) is 8.79. The largest absolute Gasteiger partial charge is 0.459 e. The number of carbonyl (C=O) groups is 2. The van der Waals surface area contributed by atoms with Gasteiger partial charge in [-0.05, 0) is 55.2 Å². The van der Waals surface area contributed by atoms with Crippen molar-refractivity contribution in [3.63, 3.8) is 0 Å². The van der Waals surface area contributed by atoms with Gasteiger partial charge >= 0.3 is 11.9 Å². The molecule has 3 aliphatic rings. The molecule has 0 radical (unpaired) electrons. The molecule has 2 aromatic rings. The van der Waals surface area contributed by atoms with Gasteiger partial charge in [-0.15, -0.1) is 0 Å². The van der Waals surface area contributed by atoms with E-state index in [0.29, 0.717) is 23.0 Å². The Hall–Kier alpha value is -3.45. The first kappa shape index (κ1) is 25.2. The number of aliphatic hydroxyl groups excluding tert-OH is 1. The van der Waals surface area contributed by atoms with Crippen molar-refractivity contribution >= 4 is 22.9 Å². The highest BCUT2D eigenvalue weighted by molar-refractivity contribution is 5.93. The van der Waals surface area contributed by atoms with Gasteiger partial charge in [0.1, 0.15) is 12.2 Å². The number of allylic oxidation sites excluding steroid dienone is 2. The number of carbonyl (C=O) groups excluding carboxylic acids is 2. The Bertz CT molecular complexity index is 1380. The standard InChI is InChI=1S/C30H32O7/c1-18-8-11-25-29(2,21(18)10-9-19-13-15-35-27(19)33)14-12-26(32)30(25,3)17-36-28(34)24-16-22(31)20-6-4-5-7-23(20)37-24/h4-7,9-10,13,16,21,25-26,32H,1,8,11-12,14-15,17H2,2-3H3/b10-9+/t21-,25?,26-,29+,30+/m1/s1. The summed E-state index contributed by atoms with van der Waals surface area (Å²) in [6.07, 6.45) is 7.88. The van der Waals surface area contributed by atoms with E-state index in [1.165, 1.54) is 0 Å². The summed E-state index contributed by atoms with van der Waals surface area (Å²) in [5, 5.41) is 11.6. The number of hydrogen-bond donors (Lipinski definition) is 1. The summed E-state index contributed by atoms with van der Waals surface area (Å²) < 4.78 is 16.4. The van der Waals surface area contributed by atoms with Gasteiger partial charge in [-0.2, -0.15) is 0 Å². The smallest absolute Gasteiger partial charge is 0.374 e. The molecule has 1 aromatic heterocycles. The first-order valence-corrected chi connectivity index (χ1v) is 12.7. The maximum absolute atomic E-state index is 13.0. The van der Waals surface area contributed by atoms with Crippen LogP contribution in [0.5, 0.6) is 0 Å². The first-order chi connectivity index (χ1) is 17.6. The van der Waals surface area contributed by atoms with E-state index in [-0.39, 0.29) is 47.6 Å². The Labute approximate surface area is 215 Å². The summed E-state index contributed by atoms with van der Waals surface area (Å²) in [6, 6.07) is 7.90. The topological polar surface area (TPSA) is 103 Å². The second-order valence-corrected chi connectivity index (χ2v) is 11.0. The zero-order chi connectivity index (χ0) is 26.4. The molecule has 0 spiro atoms. The summed E-state index contributed by atoms with van der Waals surface area (Å²) in [7, 11) is 0. The molecule has 7 nitrogen and oxygen atoms in total. The number of benzene rings is 1. The second kappa shape index (κ2) is 9.45. The first-order valence-electron chi connectivity index (χ1n) is 12.7. The Balaban J connectivity index is 1.39. The number of fused-ring (bicyclic) bond motifs is 2.